The Kier molecular flexibility index (Phi) is 4.93. The molecular formula is C17H32IN. The van der Waals surface area contributed by atoms with Crippen LogP contribution in [0.4, 0.5) is 0 Å². The first-order valence-electron chi connectivity index (χ1n) is 8.09. The van der Waals surface area contributed by atoms with Crippen LogP contribution in [0.1, 0.15) is 72.6 Å². The van der Waals surface area contributed by atoms with Crippen molar-refractivity contribution >= 4 is 22.6 Å². The summed E-state index contributed by atoms with van der Waals surface area (Å²) < 4.78 is 0.938. The van der Waals surface area contributed by atoms with Crippen LogP contribution in [-0.2, 0) is 0 Å². The highest BCUT2D eigenvalue weighted by molar-refractivity contribution is 14.1. The van der Waals surface area contributed by atoms with Gasteiger partial charge >= 0.3 is 0 Å². The van der Waals surface area contributed by atoms with Gasteiger partial charge in [0.05, 0.1) is 0 Å². The summed E-state index contributed by atoms with van der Waals surface area (Å²) in [6.07, 6.45) is 10.2. The zero-order chi connectivity index (χ0) is 14.3. The first-order valence-corrected chi connectivity index (χ1v) is 9.34. The lowest BCUT2D eigenvalue weighted by Gasteiger charge is -2.36. The van der Waals surface area contributed by atoms with Gasteiger partial charge < -0.3 is 4.90 Å². The van der Waals surface area contributed by atoms with Crippen LogP contribution in [0, 0.1) is 10.8 Å². The van der Waals surface area contributed by atoms with Gasteiger partial charge in [-0.25, -0.2) is 0 Å². The van der Waals surface area contributed by atoms with Gasteiger partial charge in [0.15, 0.2) is 0 Å². The number of nitrogens with zero attached hydrogens (tertiary/aromatic N) is 1. The van der Waals surface area contributed by atoms with Gasteiger partial charge in [-0.05, 0) is 76.7 Å². The maximum Gasteiger partial charge on any atom is 0.0115 e. The van der Waals surface area contributed by atoms with E-state index in [1.165, 1.54) is 44.9 Å². The van der Waals surface area contributed by atoms with Crippen molar-refractivity contribution in [2.45, 2.75) is 88.6 Å². The first kappa shape index (κ1) is 16.1. The van der Waals surface area contributed by atoms with Crippen molar-refractivity contribution in [1.82, 2.24) is 4.90 Å². The fourth-order valence-electron chi connectivity index (χ4n) is 4.68. The highest BCUT2D eigenvalue weighted by Crippen LogP contribution is 2.55. The number of rotatable bonds is 2. The number of hydrogen-bond acceptors (Lipinski definition) is 1. The van der Waals surface area contributed by atoms with Gasteiger partial charge in [0, 0.05) is 16.0 Å². The Balaban J connectivity index is 2.12. The first-order chi connectivity index (χ1) is 8.73. The smallest absolute Gasteiger partial charge is 0.0115 e. The summed E-state index contributed by atoms with van der Waals surface area (Å²) in [4.78, 5) is 2.62. The Bertz CT molecular complexity index is 312. The molecule has 0 bridgehead atoms. The number of halogens is 1. The molecule has 2 fully saturated rings. The normalized spacial score (nSPS) is 39.2. The molecule has 0 aliphatic heterocycles. The molecule has 3 unspecified atom stereocenters. The molecule has 3 atom stereocenters. The lowest BCUT2D eigenvalue weighted by Crippen LogP contribution is -2.38. The van der Waals surface area contributed by atoms with Gasteiger partial charge in [-0.1, -0.05) is 36.4 Å². The highest BCUT2D eigenvalue weighted by Gasteiger charge is 2.45. The summed E-state index contributed by atoms with van der Waals surface area (Å²) in [5.41, 5.74) is 1.20. The van der Waals surface area contributed by atoms with Gasteiger partial charge in [0.1, 0.15) is 0 Å². The minimum absolute atomic E-state index is 0.519. The van der Waals surface area contributed by atoms with E-state index in [0.717, 1.165) is 9.97 Å². The van der Waals surface area contributed by atoms with Crippen molar-refractivity contribution in [2.24, 2.45) is 10.8 Å². The summed E-state index contributed by atoms with van der Waals surface area (Å²) in [6, 6.07) is 1.47. The fraction of sp³-hybridized carbons (Fsp3) is 1.00. The molecule has 0 aromatic rings. The van der Waals surface area contributed by atoms with Crippen molar-refractivity contribution < 1.29 is 0 Å². The predicted molar refractivity (Wildman–Crippen MR) is 93.0 cm³/mol. The molecule has 2 rings (SSSR count). The van der Waals surface area contributed by atoms with E-state index in [-0.39, 0.29) is 0 Å². The summed E-state index contributed by atoms with van der Waals surface area (Å²) in [7, 11) is 2.33. The van der Waals surface area contributed by atoms with Crippen LogP contribution in [0.25, 0.3) is 0 Å². The zero-order valence-electron chi connectivity index (χ0n) is 13.5. The Morgan fingerprint density at radius 2 is 1.74 bits per heavy atom. The minimum atomic E-state index is 0.519. The SMILES string of the molecule is CC(C)N(C)C1CCC2(CCC(I)C2)CC(C)(C)C1. The standard InChI is InChI=1S/C17H32IN/c1-13(2)19(5)15-7-9-17(8-6-14(18)10-17)12-16(3,4)11-15/h13-15H,6-12H2,1-5H3. The molecule has 2 aliphatic carbocycles. The third-order valence-corrected chi connectivity index (χ3v) is 6.75. The average Bonchev–Trinajstić information content (AvgIpc) is 2.57. The summed E-state index contributed by atoms with van der Waals surface area (Å²) in [5, 5.41) is 0. The van der Waals surface area contributed by atoms with E-state index in [1.54, 1.807) is 0 Å². The van der Waals surface area contributed by atoms with Crippen LogP contribution in [0.15, 0.2) is 0 Å². The second kappa shape index (κ2) is 5.82. The Hall–Kier alpha value is 0.690. The van der Waals surface area contributed by atoms with Crippen molar-refractivity contribution in [2.75, 3.05) is 7.05 Å². The van der Waals surface area contributed by atoms with Gasteiger partial charge in [-0.2, -0.15) is 0 Å². The van der Waals surface area contributed by atoms with Gasteiger partial charge in [-0.3, -0.25) is 0 Å². The van der Waals surface area contributed by atoms with Crippen LogP contribution in [0.2, 0.25) is 0 Å². The maximum absolute atomic E-state index is 2.69. The van der Waals surface area contributed by atoms with Gasteiger partial charge in [-0.15, -0.1) is 0 Å². The van der Waals surface area contributed by atoms with E-state index in [1.807, 2.05) is 0 Å². The predicted octanol–water partition coefficient (Wildman–Crippen LogP) is 5.27. The second-order valence-electron chi connectivity index (χ2n) is 8.34. The third kappa shape index (κ3) is 3.87. The lowest BCUT2D eigenvalue weighted by molar-refractivity contribution is 0.134. The molecule has 0 N–H and O–H groups in total. The Morgan fingerprint density at radius 1 is 1.11 bits per heavy atom. The highest BCUT2D eigenvalue weighted by atomic mass is 127. The quantitative estimate of drug-likeness (QED) is 0.468. The fourth-order valence-corrected chi connectivity index (χ4v) is 5.93. The van der Waals surface area contributed by atoms with E-state index in [2.05, 4.69) is 62.2 Å². The lowest BCUT2D eigenvalue weighted by atomic mass is 9.71. The minimum Gasteiger partial charge on any atom is -0.301 e. The molecule has 112 valence electrons. The average molecular weight is 377 g/mol. The Morgan fingerprint density at radius 3 is 2.26 bits per heavy atom. The maximum atomic E-state index is 2.69. The molecule has 0 saturated heterocycles. The Labute approximate surface area is 134 Å². The molecular weight excluding hydrogens is 345 g/mol. The van der Waals surface area contributed by atoms with E-state index in [4.69, 9.17) is 0 Å². The molecule has 0 aromatic carbocycles. The van der Waals surface area contributed by atoms with E-state index in [9.17, 15) is 0 Å². The number of hydrogen-bond donors (Lipinski definition) is 0. The monoisotopic (exact) mass is 377 g/mol. The molecule has 19 heavy (non-hydrogen) atoms. The van der Waals surface area contributed by atoms with Crippen LogP contribution in [0.3, 0.4) is 0 Å². The van der Waals surface area contributed by atoms with E-state index in [0.29, 0.717) is 16.9 Å². The largest absolute Gasteiger partial charge is 0.301 e. The molecule has 2 saturated carbocycles. The van der Waals surface area contributed by atoms with Crippen molar-refractivity contribution in [3.63, 3.8) is 0 Å². The summed E-state index contributed by atoms with van der Waals surface area (Å²) in [6.45, 7) is 9.71. The zero-order valence-corrected chi connectivity index (χ0v) is 15.7. The molecule has 0 heterocycles. The van der Waals surface area contributed by atoms with Crippen LogP contribution < -0.4 is 0 Å². The molecule has 1 nitrogen and oxygen atoms in total. The molecule has 1 spiro atoms. The molecule has 2 heteroatoms. The van der Waals surface area contributed by atoms with Crippen LogP contribution in [0.5, 0.6) is 0 Å². The number of alkyl halides is 1. The molecule has 0 radical (unpaired) electrons. The summed E-state index contributed by atoms with van der Waals surface area (Å²) in [5.74, 6) is 0. The topological polar surface area (TPSA) is 3.24 Å². The third-order valence-electron chi connectivity index (χ3n) is 5.68. The van der Waals surface area contributed by atoms with Crippen LogP contribution in [-0.4, -0.2) is 28.0 Å². The molecule has 0 amide bonds. The molecule has 2 aliphatic rings. The van der Waals surface area contributed by atoms with E-state index < -0.39 is 0 Å². The van der Waals surface area contributed by atoms with Gasteiger partial charge in [0.25, 0.3) is 0 Å². The van der Waals surface area contributed by atoms with Gasteiger partial charge in [0.2, 0.25) is 0 Å². The van der Waals surface area contributed by atoms with E-state index >= 15 is 0 Å². The van der Waals surface area contributed by atoms with Crippen LogP contribution >= 0.6 is 22.6 Å². The van der Waals surface area contributed by atoms with Crippen molar-refractivity contribution in [1.29, 1.82) is 0 Å². The summed E-state index contributed by atoms with van der Waals surface area (Å²) >= 11 is 2.69. The second-order valence-corrected chi connectivity index (χ2v) is 10.1. The van der Waals surface area contributed by atoms with Crippen molar-refractivity contribution in [3.05, 3.63) is 0 Å². The molecule has 0 aromatic heterocycles. The van der Waals surface area contributed by atoms with Crippen molar-refractivity contribution in [3.8, 4) is 0 Å².